The maximum atomic E-state index is 12.0. The summed E-state index contributed by atoms with van der Waals surface area (Å²) in [6, 6.07) is 9.92. The molecule has 6 heteroatoms. The van der Waals surface area contributed by atoms with Crippen LogP contribution in [0, 0.1) is 0 Å². The lowest BCUT2D eigenvalue weighted by molar-refractivity contribution is 0.145. The smallest absolute Gasteiger partial charge is 0.191 e. The summed E-state index contributed by atoms with van der Waals surface area (Å²) >= 11 is 0. The third-order valence-corrected chi connectivity index (χ3v) is 4.29. The van der Waals surface area contributed by atoms with Crippen LogP contribution in [0.15, 0.2) is 35.3 Å². The van der Waals surface area contributed by atoms with Gasteiger partial charge < -0.3 is 15.4 Å². The Kier molecular flexibility index (Phi) is 10.3. The van der Waals surface area contributed by atoms with Gasteiger partial charge in [-0.05, 0) is 18.9 Å². The molecule has 0 radical (unpaired) electrons. The fourth-order valence-electron chi connectivity index (χ4n) is 1.86. The molecular weight excluding hydrogens is 298 g/mol. The first kappa shape index (κ1) is 18.6. The summed E-state index contributed by atoms with van der Waals surface area (Å²) in [4.78, 5) is 4.14. The zero-order valence-corrected chi connectivity index (χ0v) is 14.3. The number of benzene rings is 1. The molecule has 0 spiro atoms. The van der Waals surface area contributed by atoms with Crippen molar-refractivity contribution in [3.8, 4) is 0 Å². The summed E-state index contributed by atoms with van der Waals surface area (Å²) in [7, 11) is 0.870. The summed E-state index contributed by atoms with van der Waals surface area (Å²) in [6.07, 6.45) is 0.939. The van der Waals surface area contributed by atoms with Crippen LogP contribution in [0.2, 0.25) is 0 Å². The van der Waals surface area contributed by atoms with Gasteiger partial charge in [0.1, 0.15) is 0 Å². The fourth-order valence-corrected chi connectivity index (χ4v) is 2.90. The van der Waals surface area contributed by atoms with Gasteiger partial charge in [-0.2, -0.15) is 0 Å². The minimum Gasteiger partial charge on any atom is -0.382 e. The summed E-state index contributed by atoms with van der Waals surface area (Å²) in [5.41, 5.74) is 1.11. The van der Waals surface area contributed by atoms with Gasteiger partial charge in [0.05, 0.1) is 0 Å². The van der Waals surface area contributed by atoms with Gasteiger partial charge in [-0.25, -0.2) is 0 Å². The molecule has 22 heavy (non-hydrogen) atoms. The average molecular weight is 325 g/mol. The fraction of sp³-hybridized carbons (Fsp3) is 0.562. The maximum Gasteiger partial charge on any atom is 0.191 e. The molecule has 0 aliphatic carbocycles. The Morgan fingerprint density at radius 1 is 1.23 bits per heavy atom. The van der Waals surface area contributed by atoms with Gasteiger partial charge in [0.15, 0.2) is 5.96 Å². The predicted molar refractivity (Wildman–Crippen MR) is 93.6 cm³/mol. The molecule has 0 bridgehead atoms. The van der Waals surface area contributed by atoms with E-state index in [0.29, 0.717) is 18.1 Å². The number of rotatable bonds is 10. The lowest BCUT2D eigenvalue weighted by atomic mass is 10.2. The van der Waals surface area contributed by atoms with Crippen molar-refractivity contribution in [2.75, 3.05) is 39.1 Å². The van der Waals surface area contributed by atoms with E-state index < -0.39 is 10.8 Å². The van der Waals surface area contributed by atoms with Crippen molar-refractivity contribution >= 4 is 16.8 Å². The van der Waals surface area contributed by atoms with Gasteiger partial charge in [0, 0.05) is 55.7 Å². The number of guanidine groups is 1. The Morgan fingerprint density at radius 3 is 2.64 bits per heavy atom. The van der Waals surface area contributed by atoms with Crippen molar-refractivity contribution in [2.45, 2.75) is 19.1 Å². The molecule has 1 rings (SSSR count). The van der Waals surface area contributed by atoms with Gasteiger partial charge in [0.25, 0.3) is 0 Å². The van der Waals surface area contributed by atoms with Crippen LogP contribution in [-0.2, 0) is 21.3 Å². The van der Waals surface area contributed by atoms with E-state index in [-0.39, 0.29) is 0 Å². The molecule has 0 saturated heterocycles. The van der Waals surface area contributed by atoms with Crippen molar-refractivity contribution in [1.82, 2.24) is 10.6 Å². The number of aliphatic imine (C=N–C) groups is 1. The lowest BCUT2D eigenvalue weighted by Gasteiger charge is -2.11. The molecule has 1 unspecified atom stereocenters. The predicted octanol–water partition coefficient (Wildman–Crippen LogP) is 1.53. The molecule has 1 atom stereocenters. The van der Waals surface area contributed by atoms with Gasteiger partial charge in [-0.15, -0.1) is 0 Å². The molecule has 0 fully saturated rings. The Morgan fingerprint density at radius 2 is 1.95 bits per heavy atom. The molecule has 0 aliphatic rings. The summed E-state index contributed by atoms with van der Waals surface area (Å²) < 4.78 is 17.3. The van der Waals surface area contributed by atoms with E-state index in [2.05, 4.69) is 15.6 Å². The largest absolute Gasteiger partial charge is 0.382 e. The molecule has 5 nitrogen and oxygen atoms in total. The highest BCUT2D eigenvalue weighted by Crippen LogP contribution is 2.02. The average Bonchev–Trinajstić information content (AvgIpc) is 2.54. The van der Waals surface area contributed by atoms with Gasteiger partial charge in [-0.3, -0.25) is 9.20 Å². The molecule has 2 N–H and O–H groups in total. The Hall–Kier alpha value is -1.40. The maximum absolute atomic E-state index is 12.0. The number of nitrogens with zero attached hydrogens (tertiary/aromatic N) is 1. The van der Waals surface area contributed by atoms with Crippen LogP contribution in [0.3, 0.4) is 0 Å². The molecule has 0 aliphatic heterocycles. The summed E-state index contributed by atoms with van der Waals surface area (Å²) in [6.45, 7) is 4.95. The van der Waals surface area contributed by atoms with Crippen LogP contribution in [-0.4, -0.2) is 49.3 Å². The SMILES string of the molecule is CCOCCCNC(=NC)NCCS(=O)Cc1ccccc1. The van der Waals surface area contributed by atoms with Crippen LogP contribution in [0.1, 0.15) is 18.9 Å². The van der Waals surface area contributed by atoms with Crippen LogP contribution in [0.4, 0.5) is 0 Å². The number of ether oxygens (including phenoxy) is 1. The van der Waals surface area contributed by atoms with Crippen LogP contribution in [0.25, 0.3) is 0 Å². The van der Waals surface area contributed by atoms with Crippen molar-refractivity contribution in [2.24, 2.45) is 4.99 Å². The van der Waals surface area contributed by atoms with Gasteiger partial charge in [0.2, 0.25) is 0 Å². The topological polar surface area (TPSA) is 62.7 Å². The van der Waals surface area contributed by atoms with E-state index in [1.807, 2.05) is 37.3 Å². The van der Waals surface area contributed by atoms with E-state index in [9.17, 15) is 4.21 Å². The third-order valence-electron chi connectivity index (χ3n) is 2.98. The zero-order valence-electron chi connectivity index (χ0n) is 13.5. The molecule has 1 aromatic rings. The number of nitrogens with one attached hydrogen (secondary N) is 2. The van der Waals surface area contributed by atoms with E-state index >= 15 is 0 Å². The van der Waals surface area contributed by atoms with Gasteiger partial charge in [-0.1, -0.05) is 30.3 Å². The normalized spacial score (nSPS) is 12.9. The van der Waals surface area contributed by atoms with Crippen LogP contribution in [0.5, 0.6) is 0 Å². The zero-order chi connectivity index (χ0) is 16.0. The first-order valence-electron chi connectivity index (χ1n) is 7.67. The highest BCUT2D eigenvalue weighted by molar-refractivity contribution is 7.84. The summed E-state index contributed by atoms with van der Waals surface area (Å²) in [5.74, 6) is 1.95. The van der Waals surface area contributed by atoms with Crippen molar-refractivity contribution in [3.63, 3.8) is 0 Å². The van der Waals surface area contributed by atoms with Crippen LogP contribution >= 0.6 is 0 Å². The van der Waals surface area contributed by atoms with Crippen molar-refractivity contribution < 1.29 is 8.95 Å². The molecule has 124 valence electrons. The third kappa shape index (κ3) is 8.79. The second-order valence-electron chi connectivity index (χ2n) is 4.75. The van der Waals surface area contributed by atoms with E-state index in [4.69, 9.17) is 4.74 Å². The highest BCUT2D eigenvalue weighted by atomic mass is 32.2. The number of hydrogen-bond donors (Lipinski definition) is 2. The highest BCUT2D eigenvalue weighted by Gasteiger charge is 2.02. The molecule has 0 saturated carbocycles. The van der Waals surface area contributed by atoms with Crippen molar-refractivity contribution in [3.05, 3.63) is 35.9 Å². The molecular formula is C16H27N3O2S. The van der Waals surface area contributed by atoms with Gasteiger partial charge >= 0.3 is 0 Å². The Balaban J connectivity index is 2.14. The van der Waals surface area contributed by atoms with Crippen molar-refractivity contribution in [1.29, 1.82) is 0 Å². The molecule has 0 aromatic heterocycles. The van der Waals surface area contributed by atoms with Crippen LogP contribution < -0.4 is 10.6 Å². The minimum absolute atomic E-state index is 0.600. The summed E-state index contributed by atoms with van der Waals surface area (Å²) in [5, 5.41) is 6.39. The standard InChI is InChI=1S/C16H27N3O2S/c1-3-21-12-7-10-18-16(17-2)19-11-13-22(20)14-15-8-5-4-6-9-15/h4-6,8-9H,3,7,10-14H2,1-2H3,(H2,17,18,19). The molecule has 1 aromatic carbocycles. The Labute approximate surface area is 136 Å². The second-order valence-corrected chi connectivity index (χ2v) is 6.33. The minimum atomic E-state index is -0.865. The Bertz CT molecular complexity index is 452. The monoisotopic (exact) mass is 325 g/mol. The van der Waals surface area contributed by atoms with E-state index in [0.717, 1.165) is 37.7 Å². The molecule has 0 heterocycles. The molecule has 0 amide bonds. The van der Waals surface area contributed by atoms with E-state index in [1.165, 1.54) is 0 Å². The van der Waals surface area contributed by atoms with E-state index in [1.54, 1.807) is 7.05 Å². The second kappa shape index (κ2) is 12.2. The first-order chi connectivity index (χ1) is 10.8. The lowest BCUT2D eigenvalue weighted by Crippen LogP contribution is -2.39. The number of hydrogen-bond acceptors (Lipinski definition) is 3. The quantitative estimate of drug-likeness (QED) is 0.389. The first-order valence-corrected chi connectivity index (χ1v) is 9.16.